The molecule has 8 N–H and O–H groups in total. The van der Waals surface area contributed by atoms with Gasteiger partial charge in [0.2, 0.25) is 0 Å². The van der Waals surface area contributed by atoms with Crippen molar-refractivity contribution in [3.63, 3.8) is 0 Å². The highest BCUT2D eigenvalue weighted by atomic mass is 35.5. The molecule has 4 aromatic heterocycles. The third-order valence-corrected chi connectivity index (χ3v) is 9.06. The molecule has 0 unspecified atom stereocenters. The third kappa shape index (κ3) is 11.0. The van der Waals surface area contributed by atoms with E-state index in [4.69, 9.17) is 34.3 Å². The number of hydrogen-bond donors (Lipinski definition) is 7. The molecule has 1 aromatic carbocycles. The molecule has 58 heavy (non-hydrogen) atoms. The molecule has 5 rings (SSSR count). The van der Waals surface area contributed by atoms with E-state index >= 15 is 0 Å². The number of amidine groups is 1. The number of benzene rings is 1. The molecule has 21 heteroatoms. The van der Waals surface area contributed by atoms with Crippen molar-refractivity contribution in [2.75, 3.05) is 57.6 Å². The average Bonchev–Trinajstić information content (AvgIpc) is 3.92. The van der Waals surface area contributed by atoms with E-state index in [1.54, 1.807) is 68.0 Å². The summed E-state index contributed by atoms with van der Waals surface area (Å²) in [5.74, 6) is -1.29. The molecule has 0 spiro atoms. The quantitative estimate of drug-likeness (QED) is 0.0406. The number of halogens is 3. The Labute approximate surface area is 349 Å². The smallest absolute Gasteiger partial charge is 0.274 e. The predicted molar refractivity (Wildman–Crippen MR) is 227 cm³/mol. The zero-order chi connectivity index (χ0) is 41.4. The minimum absolute atomic E-state index is 0. The van der Waals surface area contributed by atoms with Crippen LogP contribution in [0.5, 0.6) is 0 Å². The van der Waals surface area contributed by atoms with Crippen LogP contribution in [0.3, 0.4) is 0 Å². The molecule has 18 nitrogen and oxygen atoms in total. The molecule has 4 heterocycles. The number of alkyl halides is 2. The van der Waals surface area contributed by atoms with E-state index in [1.807, 2.05) is 17.0 Å². The standard InChI is InChI=1S/C37H43Cl2N13O5.ClH/c1-48-19-23(15-27(48)34(54)42-12-9-31(40)41)43-35(55)28-16-24(20-49(28)2)44-36(56)29-17-25(21-50(29)3)45-37(57)30-18-32(47-51(30)4)46-33(53)22-5-7-26(8-6-22)52(13-10-38)14-11-39;/h5-8,15-21H,9-14H2,1-4H3,(H3,40,41)(H,42,54)(H,43,55)(H,44,56)(H,45,57)(H,46,47,53);1H. The molecular formula is C37H44Cl3N13O5. The third-order valence-electron chi connectivity index (χ3n) is 8.72. The first kappa shape index (κ1) is 44.5. The summed E-state index contributed by atoms with van der Waals surface area (Å²) >= 11 is 11.8. The Hall–Kier alpha value is -6.24. The van der Waals surface area contributed by atoms with E-state index in [0.29, 0.717) is 53.2 Å². The fraction of sp³-hybridized carbons (Fsp3) is 0.270. The van der Waals surface area contributed by atoms with Crippen molar-refractivity contribution >= 4 is 99.5 Å². The fourth-order valence-electron chi connectivity index (χ4n) is 5.89. The lowest BCUT2D eigenvalue weighted by molar-refractivity contribution is 0.0943. The summed E-state index contributed by atoms with van der Waals surface area (Å²) in [7, 11) is 6.52. The van der Waals surface area contributed by atoms with Crippen LogP contribution in [0, 0.1) is 5.41 Å². The van der Waals surface area contributed by atoms with Crippen molar-refractivity contribution in [1.29, 1.82) is 5.41 Å². The number of carbonyl (C=O) groups is 5. The number of hydrogen-bond acceptors (Lipinski definition) is 8. The maximum Gasteiger partial charge on any atom is 0.274 e. The number of carbonyl (C=O) groups excluding carboxylic acids is 5. The molecule has 5 amide bonds. The first-order chi connectivity index (χ1) is 27.2. The van der Waals surface area contributed by atoms with Gasteiger partial charge in [0.25, 0.3) is 29.5 Å². The Bertz CT molecular complexity index is 2300. The zero-order valence-electron chi connectivity index (χ0n) is 32.1. The second kappa shape index (κ2) is 19.8. The molecule has 0 fully saturated rings. The minimum atomic E-state index is -0.524. The van der Waals surface area contributed by atoms with E-state index in [1.165, 1.54) is 33.5 Å². The van der Waals surface area contributed by atoms with Crippen molar-refractivity contribution in [3.05, 3.63) is 95.5 Å². The van der Waals surface area contributed by atoms with Crippen molar-refractivity contribution in [3.8, 4) is 0 Å². The molecule has 0 radical (unpaired) electrons. The average molecular weight is 857 g/mol. The number of nitrogens with zero attached hydrogens (tertiary/aromatic N) is 6. The molecule has 0 aliphatic rings. The highest BCUT2D eigenvalue weighted by Crippen LogP contribution is 2.21. The summed E-state index contributed by atoms with van der Waals surface area (Å²) in [5.41, 5.74) is 8.59. The number of amides is 5. The Morgan fingerprint density at radius 2 is 1.12 bits per heavy atom. The highest BCUT2D eigenvalue weighted by molar-refractivity contribution is 6.18. The van der Waals surface area contributed by atoms with E-state index in [9.17, 15) is 24.0 Å². The van der Waals surface area contributed by atoms with Crippen molar-refractivity contribution < 1.29 is 24.0 Å². The number of rotatable bonds is 17. The van der Waals surface area contributed by atoms with Crippen LogP contribution in [0.1, 0.15) is 58.7 Å². The Morgan fingerprint density at radius 1 is 0.672 bits per heavy atom. The van der Waals surface area contributed by atoms with Gasteiger partial charge in [0.1, 0.15) is 22.8 Å². The summed E-state index contributed by atoms with van der Waals surface area (Å²) in [5, 5.41) is 25.2. The lowest BCUT2D eigenvalue weighted by atomic mass is 10.2. The van der Waals surface area contributed by atoms with Crippen LogP contribution in [0.4, 0.5) is 28.6 Å². The molecular weight excluding hydrogens is 813 g/mol. The topological polar surface area (TPSA) is 231 Å². The SMILES string of the molecule is Cl.Cn1cc(NC(=O)c2cc(NC(=O)c3cc(NC(=O)c4cc(NC(=O)c5ccc(N(CCCl)CCCl)cc5)nn4C)cn3C)cn2C)cc1C(=O)NCCC(=N)N. The van der Waals surface area contributed by atoms with Crippen LogP contribution < -0.4 is 37.2 Å². The van der Waals surface area contributed by atoms with Gasteiger partial charge in [-0.3, -0.25) is 34.1 Å². The molecule has 0 atom stereocenters. The van der Waals surface area contributed by atoms with Gasteiger partial charge in [0.15, 0.2) is 5.82 Å². The van der Waals surface area contributed by atoms with Crippen LogP contribution in [0.2, 0.25) is 0 Å². The zero-order valence-corrected chi connectivity index (χ0v) is 34.4. The van der Waals surface area contributed by atoms with Crippen molar-refractivity contribution in [2.45, 2.75) is 6.42 Å². The Morgan fingerprint density at radius 3 is 1.57 bits per heavy atom. The first-order valence-corrected chi connectivity index (χ1v) is 18.6. The monoisotopic (exact) mass is 855 g/mol. The fourth-order valence-corrected chi connectivity index (χ4v) is 6.30. The molecule has 0 bridgehead atoms. The largest absolute Gasteiger partial charge is 0.388 e. The van der Waals surface area contributed by atoms with Crippen LogP contribution in [-0.4, -0.2) is 90.2 Å². The Balaban J connectivity index is 0.00000744. The number of anilines is 5. The summed E-state index contributed by atoms with van der Waals surface area (Å²) in [6, 6.07) is 12.9. The van der Waals surface area contributed by atoms with Gasteiger partial charge in [-0.2, -0.15) is 5.10 Å². The van der Waals surface area contributed by atoms with Gasteiger partial charge in [-0.25, -0.2) is 0 Å². The maximum absolute atomic E-state index is 13.3. The Kier molecular flexibility index (Phi) is 15.1. The normalized spacial score (nSPS) is 10.7. The van der Waals surface area contributed by atoms with Gasteiger partial charge in [0, 0.05) is 102 Å². The van der Waals surface area contributed by atoms with Gasteiger partial charge in [-0.05, 0) is 42.5 Å². The van der Waals surface area contributed by atoms with Crippen molar-refractivity contribution in [1.82, 2.24) is 28.8 Å². The lowest BCUT2D eigenvalue weighted by Gasteiger charge is -2.22. The molecule has 308 valence electrons. The van der Waals surface area contributed by atoms with E-state index < -0.39 is 23.6 Å². The number of nitrogens with one attached hydrogen (secondary N) is 6. The second-order valence-corrected chi connectivity index (χ2v) is 13.7. The van der Waals surface area contributed by atoms with Gasteiger partial charge < -0.3 is 50.9 Å². The molecule has 0 aliphatic heterocycles. The second-order valence-electron chi connectivity index (χ2n) is 13.0. The molecule has 5 aromatic rings. The molecule has 0 saturated carbocycles. The summed E-state index contributed by atoms with van der Waals surface area (Å²) in [6.45, 7) is 1.43. The summed E-state index contributed by atoms with van der Waals surface area (Å²) < 4.78 is 5.97. The van der Waals surface area contributed by atoms with Gasteiger partial charge in [0.05, 0.1) is 22.9 Å². The lowest BCUT2D eigenvalue weighted by Crippen LogP contribution is -2.28. The van der Waals surface area contributed by atoms with Crippen LogP contribution >= 0.6 is 35.6 Å². The van der Waals surface area contributed by atoms with Crippen LogP contribution in [0.25, 0.3) is 0 Å². The highest BCUT2D eigenvalue weighted by Gasteiger charge is 2.21. The van der Waals surface area contributed by atoms with Gasteiger partial charge in [-0.15, -0.1) is 35.6 Å². The molecule has 0 saturated heterocycles. The van der Waals surface area contributed by atoms with Crippen LogP contribution in [-0.2, 0) is 28.2 Å². The minimum Gasteiger partial charge on any atom is -0.388 e. The summed E-state index contributed by atoms with van der Waals surface area (Å²) in [4.78, 5) is 67.2. The summed E-state index contributed by atoms with van der Waals surface area (Å²) in [6.07, 6.45) is 4.95. The number of aryl methyl sites for hydroxylation is 4. The number of aromatic nitrogens is 5. The van der Waals surface area contributed by atoms with Gasteiger partial charge >= 0.3 is 0 Å². The van der Waals surface area contributed by atoms with Crippen LogP contribution in [0.15, 0.2) is 67.1 Å². The first-order valence-electron chi connectivity index (χ1n) is 17.5. The van der Waals surface area contributed by atoms with Gasteiger partial charge in [-0.1, -0.05) is 0 Å². The van der Waals surface area contributed by atoms with Crippen molar-refractivity contribution in [2.24, 2.45) is 33.9 Å². The number of nitrogens with two attached hydrogens (primary N) is 1. The molecule has 0 aliphatic carbocycles. The van der Waals surface area contributed by atoms with E-state index in [-0.39, 0.29) is 60.0 Å². The predicted octanol–water partition coefficient (Wildman–Crippen LogP) is 4.21. The maximum atomic E-state index is 13.3. The van der Waals surface area contributed by atoms with E-state index in [2.05, 4.69) is 31.7 Å². The van der Waals surface area contributed by atoms with E-state index in [0.717, 1.165) is 5.69 Å².